The van der Waals surface area contributed by atoms with Crippen LogP contribution in [0.15, 0.2) is 47.6 Å². The molecule has 1 aromatic heterocycles. The third-order valence-corrected chi connectivity index (χ3v) is 3.80. The molecule has 3 N–H and O–H groups in total. The van der Waals surface area contributed by atoms with Crippen LogP contribution in [0.4, 0.5) is 11.4 Å². The summed E-state index contributed by atoms with van der Waals surface area (Å²) in [5, 5.41) is 2.89. The van der Waals surface area contributed by atoms with E-state index in [4.69, 9.17) is 5.73 Å². The molecule has 1 amide bonds. The minimum atomic E-state index is 0.000237. The number of rotatable bonds is 5. The minimum absolute atomic E-state index is 0.000237. The molecule has 4 nitrogen and oxygen atoms in total. The van der Waals surface area contributed by atoms with E-state index in [1.165, 1.54) is 0 Å². The van der Waals surface area contributed by atoms with E-state index in [0.29, 0.717) is 12.1 Å². The van der Waals surface area contributed by atoms with Gasteiger partial charge in [0.1, 0.15) is 0 Å². The van der Waals surface area contributed by atoms with Crippen molar-refractivity contribution in [2.24, 2.45) is 0 Å². The third kappa shape index (κ3) is 4.28. The van der Waals surface area contributed by atoms with Crippen molar-refractivity contribution in [1.29, 1.82) is 0 Å². The average molecular weight is 287 g/mol. The zero-order chi connectivity index (χ0) is 14.4. The average Bonchev–Trinajstić information content (AvgIpc) is 2.44. The predicted molar refractivity (Wildman–Crippen MR) is 83.8 cm³/mol. The molecule has 0 saturated heterocycles. The highest BCUT2D eigenvalue weighted by Gasteiger charge is 2.05. The summed E-state index contributed by atoms with van der Waals surface area (Å²) >= 11 is 1.64. The molecule has 5 heteroatoms. The molecule has 0 saturated carbocycles. The molecule has 0 aliphatic rings. The Morgan fingerprint density at radius 3 is 2.80 bits per heavy atom. The molecule has 0 aliphatic heterocycles. The van der Waals surface area contributed by atoms with Gasteiger partial charge >= 0.3 is 0 Å². The number of benzene rings is 1. The predicted octanol–water partition coefficient (Wildman–Crippen LogP) is 3.09. The number of aryl methyl sites for hydroxylation is 1. The molecule has 1 heterocycles. The van der Waals surface area contributed by atoms with Crippen molar-refractivity contribution < 1.29 is 4.79 Å². The lowest BCUT2D eigenvalue weighted by Gasteiger charge is -2.09. The standard InChI is InChI=1S/C15H17N3OS/c1-11-2-3-12(16)10-14(11)18-15(19)6-9-20-13-4-7-17-8-5-13/h2-5,7-8,10H,6,9,16H2,1H3,(H,18,19). The highest BCUT2D eigenvalue weighted by Crippen LogP contribution is 2.20. The summed E-state index contributed by atoms with van der Waals surface area (Å²) < 4.78 is 0. The Morgan fingerprint density at radius 2 is 2.05 bits per heavy atom. The first-order chi connectivity index (χ1) is 9.65. The number of nitrogens with zero attached hydrogens (tertiary/aromatic N) is 1. The summed E-state index contributed by atoms with van der Waals surface area (Å²) in [6.45, 7) is 1.95. The lowest BCUT2D eigenvalue weighted by Crippen LogP contribution is -2.13. The largest absolute Gasteiger partial charge is 0.399 e. The maximum Gasteiger partial charge on any atom is 0.225 e. The third-order valence-electron chi connectivity index (χ3n) is 2.78. The molecule has 20 heavy (non-hydrogen) atoms. The normalized spacial score (nSPS) is 10.2. The highest BCUT2D eigenvalue weighted by molar-refractivity contribution is 7.99. The molecular weight excluding hydrogens is 270 g/mol. The molecule has 0 bridgehead atoms. The molecule has 0 spiro atoms. The minimum Gasteiger partial charge on any atom is -0.399 e. The first-order valence-corrected chi connectivity index (χ1v) is 7.32. The van der Waals surface area contributed by atoms with E-state index in [2.05, 4.69) is 10.3 Å². The monoisotopic (exact) mass is 287 g/mol. The second kappa shape index (κ2) is 6.96. The summed E-state index contributed by atoms with van der Waals surface area (Å²) in [7, 11) is 0. The van der Waals surface area contributed by atoms with Crippen LogP contribution in [0, 0.1) is 6.92 Å². The van der Waals surface area contributed by atoms with Crippen LogP contribution >= 0.6 is 11.8 Å². The van der Waals surface area contributed by atoms with E-state index >= 15 is 0 Å². The van der Waals surface area contributed by atoms with E-state index in [-0.39, 0.29) is 5.91 Å². The Morgan fingerprint density at radius 1 is 1.30 bits per heavy atom. The Bertz CT molecular complexity index is 587. The van der Waals surface area contributed by atoms with Crippen LogP contribution in [0.5, 0.6) is 0 Å². The summed E-state index contributed by atoms with van der Waals surface area (Å²) in [5.41, 5.74) is 8.16. The van der Waals surface area contributed by atoms with E-state index in [0.717, 1.165) is 21.9 Å². The first-order valence-electron chi connectivity index (χ1n) is 6.34. The Labute approximate surface area is 122 Å². The van der Waals surface area contributed by atoms with E-state index < -0.39 is 0 Å². The van der Waals surface area contributed by atoms with Gasteiger partial charge in [-0.3, -0.25) is 9.78 Å². The maximum absolute atomic E-state index is 11.9. The fourth-order valence-corrected chi connectivity index (χ4v) is 2.52. The number of hydrogen-bond donors (Lipinski definition) is 2. The number of hydrogen-bond acceptors (Lipinski definition) is 4. The number of anilines is 2. The highest BCUT2D eigenvalue weighted by atomic mass is 32.2. The van der Waals surface area contributed by atoms with Gasteiger partial charge in [0, 0.05) is 40.8 Å². The zero-order valence-electron chi connectivity index (χ0n) is 11.3. The number of pyridine rings is 1. The lowest BCUT2D eigenvalue weighted by atomic mass is 10.2. The molecule has 2 aromatic rings. The molecular formula is C15H17N3OS. The number of carbonyl (C=O) groups is 1. The fourth-order valence-electron chi connectivity index (χ4n) is 1.68. The van der Waals surface area contributed by atoms with Gasteiger partial charge in [0.15, 0.2) is 0 Å². The molecule has 0 unspecified atom stereocenters. The summed E-state index contributed by atoms with van der Waals surface area (Å²) in [6, 6.07) is 9.37. The van der Waals surface area contributed by atoms with Crippen LogP contribution < -0.4 is 11.1 Å². The second-order valence-corrected chi connectivity index (χ2v) is 5.57. The summed E-state index contributed by atoms with van der Waals surface area (Å²) in [6.07, 6.45) is 3.96. The molecule has 104 valence electrons. The smallest absolute Gasteiger partial charge is 0.225 e. The van der Waals surface area contributed by atoms with E-state index in [1.807, 2.05) is 31.2 Å². The van der Waals surface area contributed by atoms with Gasteiger partial charge in [-0.2, -0.15) is 0 Å². The van der Waals surface area contributed by atoms with Gasteiger partial charge in [0.05, 0.1) is 0 Å². The van der Waals surface area contributed by atoms with Crippen LogP contribution in [0.3, 0.4) is 0 Å². The van der Waals surface area contributed by atoms with Crippen LogP contribution in [0.1, 0.15) is 12.0 Å². The lowest BCUT2D eigenvalue weighted by molar-refractivity contribution is -0.115. The van der Waals surface area contributed by atoms with Gasteiger partial charge in [-0.1, -0.05) is 6.07 Å². The number of nitrogen functional groups attached to an aromatic ring is 1. The molecule has 0 radical (unpaired) electrons. The van der Waals surface area contributed by atoms with Crippen molar-refractivity contribution >= 4 is 29.0 Å². The van der Waals surface area contributed by atoms with Crippen LogP contribution in [-0.4, -0.2) is 16.6 Å². The van der Waals surface area contributed by atoms with Gasteiger partial charge in [-0.25, -0.2) is 0 Å². The van der Waals surface area contributed by atoms with Crippen molar-refractivity contribution in [3.05, 3.63) is 48.3 Å². The van der Waals surface area contributed by atoms with Crippen molar-refractivity contribution in [1.82, 2.24) is 4.98 Å². The van der Waals surface area contributed by atoms with Gasteiger partial charge in [-0.05, 0) is 36.8 Å². The number of thioether (sulfide) groups is 1. The SMILES string of the molecule is Cc1ccc(N)cc1NC(=O)CCSc1ccncc1. The Kier molecular flexibility index (Phi) is 5.01. The first kappa shape index (κ1) is 14.4. The van der Waals surface area contributed by atoms with Gasteiger partial charge in [-0.15, -0.1) is 11.8 Å². The number of amides is 1. The Hall–Kier alpha value is -2.01. The molecule has 0 atom stereocenters. The Balaban J connectivity index is 1.82. The fraction of sp³-hybridized carbons (Fsp3) is 0.200. The number of aromatic nitrogens is 1. The van der Waals surface area contributed by atoms with E-state index in [1.54, 1.807) is 30.2 Å². The topological polar surface area (TPSA) is 68.0 Å². The van der Waals surface area contributed by atoms with Crippen molar-refractivity contribution in [3.8, 4) is 0 Å². The van der Waals surface area contributed by atoms with Gasteiger partial charge in [0.25, 0.3) is 0 Å². The maximum atomic E-state index is 11.9. The van der Waals surface area contributed by atoms with Crippen LogP contribution in [-0.2, 0) is 4.79 Å². The van der Waals surface area contributed by atoms with Gasteiger partial charge in [0.2, 0.25) is 5.91 Å². The number of nitrogens with two attached hydrogens (primary N) is 1. The molecule has 0 fully saturated rings. The van der Waals surface area contributed by atoms with Crippen LogP contribution in [0.25, 0.3) is 0 Å². The molecule has 1 aromatic carbocycles. The summed E-state index contributed by atoms with van der Waals surface area (Å²) in [5.74, 6) is 0.734. The van der Waals surface area contributed by atoms with Crippen molar-refractivity contribution in [3.63, 3.8) is 0 Å². The number of nitrogens with one attached hydrogen (secondary N) is 1. The molecule has 2 rings (SSSR count). The van der Waals surface area contributed by atoms with Crippen LogP contribution in [0.2, 0.25) is 0 Å². The zero-order valence-corrected chi connectivity index (χ0v) is 12.1. The van der Waals surface area contributed by atoms with E-state index in [9.17, 15) is 4.79 Å². The van der Waals surface area contributed by atoms with Gasteiger partial charge < -0.3 is 11.1 Å². The van der Waals surface area contributed by atoms with Crippen molar-refractivity contribution in [2.45, 2.75) is 18.2 Å². The second-order valence-electron chi connectivity index (χ2n) is 4.40. The summed E-state index contributed by atoms with van der Waals surface area (Å²) in [4.78, 5) is 17.0. The van der Waals surface area contributed by atoms with Crippen molar-refractivity contribution in [2.75, 3.05) is 16.8 Å². The molecule has 0 aliphatic carbocycles. The quantitative estimate of drug-likeness (QED) is 0.655. The number of carbonyl (C=O) groups excluding carboxylic acids is 1.